The third-order valence-electron chi connectivity index (χ3n) is 6.54. The lowest BCUT2D eigenvalue weighted by Crippen LogP contribution is -2.25. The summed E-state index contributed by atoms with van der Waals surface area (Å²) in [5, 5.41) is 24.9. The van der Waals surface area contributed by atoms with Crippen LogP contribution in [0, 0.1) is 11.8 Å². The Hall–Kier alpha value is -1.96. The molecule has 0 aliphatic heterocycles. The van der Waals surface area contributed by atoms with E-state index in [0.29, 0.717) is 45.1 Å². The lowest BCUT2D eigenvalue weighted by Gasteiger charge is -2.22. The van der Waals surface area contributed by atoms with E-state index in [1.807, 2.05) is 49.4 Å². The number of benzene rings is 1. The number of carbonyl (C=O) groups excluding carboxylic acids is 2. The summed E-state index contributed by atoms with van der Waals surface area (Å²) in [6.07, 6.45) is 11.7. The number of halogens is 1. The monoisotopic (exact) mass is 563 g/mol. The van der Waals surface area contributed by atoms with Crippen molar-refractivity contribution >= 4 is 27.8 Å². The van der Waals surface area contributed by atoms with Gasteiger partial charge in [-0.05, 0) is 56.9 Å². The largest absolute Gasteiger partial charge is 0.462 e. The summed E-state index contributed by atoms with van der Waals surface area (Å²) >= 11 is 3.34. The van der Waals surface area contributed by atoms with Crippen molar-refractivity contribution < 1.29 is 24.5 Å². The van der Waals surface area contributed by atoms with Gasteiger partial charge in [-0.25, -0.2) is 0 Å². The normalized spacial score (nSPS) is 22.8. The molecule has 1 aliphatic rings. The smallest absolute Gasteiger partial charge is 0.306 e. The van der Waals surface area contributed by atoms with Gasteiger partial charge < -0.3 is 20.3 Å². The second-order valence-corrected chi connectivity index (χ2v) is 10.2. The lowest BCUT2D eigenvalue weighted by atomic mass is 9.89. The van der Waals surface area contributed by atoms with Crippen LogP contribution in [0.4, 0.5) is 0 Å². The molecule has 1 aromatic carbocycles. The maximum atomic E-state index is 12.3. The maximum Gasteiger partial charge on any atom is 0.306 e. The van der Waals surface area contributed by atoms with E-state index in [1.54, 1.807) is 6.08 Å². The van der Waals surface area contributed by atoms with E-state index >= 15 is 0 Å². The summed E-state index contributed by atoms with van der Waals surface area (Å²) in [6, 6.07) is 10.0. The van der Waals surface area contributed by atoms with Gasteiger partial charge in [-0.2, -0.15) is 0 Å². The Balaban J connectivity index is 1.96. The molecular weight excluding hydrogens is 522 g/mol. The van der Waals surface area contributed by atoms with Crippen LogP contribution in [-0.2, 0) is 20.7 Å². The molecule has 6 nitrogen and oxygen atoms in total. The molecule has 1 aromatic rings. The highest BCUT2D eigenvalue weighted by Gasteiger charge is 2.42. The molecule has 3 N–H and O–H groups in total. The quantitative estimate of drug-likeness (QED) is 0.115. The summed E-state index contributed by atoms with van der Waals surface area (Å²) in [5.41, 5.74) is 1.18. The molecule has 36 heavy (non-hydrogen) atoms. The summed E-state index contributed by atoms with van der Waals surface area (Å²) < 4.78 is 5.76. The Bertz CT molecular complexity index is 828. The summed E-state index contributed by atoms with van der Waals surface area (Å²) in [7, 11) is 0. The Kier molecular flexibility index (Phi) is 14.7. The van der Waals surface area contributed by atoms with Crippen LogP contribution in [-0.4, -0.2) is 52.3 Å². The van der Waals surface area contributed by atoms with Crippen LogP contribution in [0.3, 0.4) is 0 Å². The molecule has 1 amide bonds. The first kappa shape index (κ1) is 30.3. The van der Waals surface area contributed by atoms with E-state index in [1.165, 1.54) is 5.56 Å². The van der Waals surface area contributed by atoms with Gasteiger partial charge in [-0.1, -0.05) is 70.6 Å². The third kappa shape index (κ3) is 11.4. The van der Waals surface area contributed by atoms with E-state index in [2.05, 4.69) is 27.3 Å². The van der Waals surface area contributed by atoms with Crippen molar-refractivity contribution in [2.45, 2.75) is 83.0 Å². The number of hydrogen-bond donors (Lipinski definition) is 3. The number of ether oxygens (including phenoxy) is 1. The van der Waals surface area contributed by atoms with E-state index < -0.39 is 18.3 Å². The van der Waals surface area contributed by atoms with Crippen LogP contribution in [0.2, 0.25) is 0 Å². The van der Waals surface area contributed by atoms with Gasteiger partial charge in [-0.15, -0.1) is 0 Å². The molecule has 1 aliphatic carbocycles. The summed E-state index contributed by atoms with van der Waals surface area (Å²) in [4.78, 5) is 23.9. The standard InChI is InChI=1S/C29H42BrNO5/c1-2-31-28(34)14-9-4-3-8-13-24-25(27(21-26(24)33)36-29(35)15-10-20-30)19-18-23(32)17-16-22-11-6-5-7-12-22/h3,5-8,11-12,18-19,23-27,32-33H,2,4,9-10,13-17,20-21H2,1H3,(H,31,34)/b8-3-,19-18+/t23-,24+,25+,26-,27+/m0/s1. The lowest BCUT2D eigenvalue weighted by molar-refractivity contribution is -0.150. The number of rotatable bonds is 16. The van der Waals surface area contributed by atoms with Crippen LogP contribution in [0.5, 0.6) is 0 Å². The van der Waals surface area contributed by atoms with Crippen molar-refractivity contribution in [3.63, 3.8) is 0 Å². The second kappa shape index (κ2) is 17.5. The van der Waals surface area contributed by atoms with Gasteiger partial charge in [0.15, 0.2) is 0 Å². The molecule has 0 bridgehead atoms. The Morgan fingerprint density at radius 2 is 1.97 bits per heavy atom. The number of aryl methyl sites for hydroxylation is 1. The summed E-state index contributed by atoms with van der Waals surface area (Å²) in [6.45, 7) is 2.55. The van der Waals surface area contributed by atoms with E-state index in [-0.39, 0.29) is 23.7 Å². The molecule has 0 heterocycles. The molecule has 2 rings (SSSR count). The maximum absolute atomic E-state index is 12.3. The van der Waals surface area contributed by atoms with Gasteiger partial charge >= 0.3 is 5.97 Å². The Morgan fingerprint density at radius 3 is 2.69 bits per heavy atom. The van der Waals surface area contributed by atoms with Crippen LogP contribution < -0.4 is 5.32 Å². The van der Waals surface area contributed by atoms with Crippen molar-refractivity contribution in [2.24, 2.45) is 11.8 Å². The molecule has 0 unspecified atom stereocenters. The molecule has 0 spiro atoms. The van der Waals surface area contributed by atoms with Crippen molar-refractivity contribution in [1.82, 2.24) is 5.32 Å². The van der Waals surface area contributed by atoms with Gasteiger partial charge in [0.2, 0.25) is 5.91 Å². The summed E-state index contributed by atoms with van der Waals surface area (Å²) in [5.74, 6) is -0.454. The Morgan fingerprint density at radius 1 is 1.19 bits per heavy atom. The number of carbonyl (C=O) groups is 2. The Labute approximate surface area is 224 Å². The zero-order valence-corrected chi connectivity index (χ0v) is 22.9. The fourth-order valence-electron chi connectivity index (χ4n) is 4.60. The molecular formula is C29H42BrNO5. The number of unbranched alkanes of at least 4 members (excludes halogenated alkanes) is 1. The fraction of sp³-hybridized carbons (Fsp3) is 0.586. The van der Waals surface area contributed by atoms with Crippen molar-refractivity contribution in [3.05, 3.63) is 60.2 Å². The molecule has 7 heteroatoms. The van der Waals surface area contributed by atoms with Gasteiger partial charge in [0.25, 0.3) is 0 Å². The van der Waals surface area contributed by atoms with Gasteiger partial charge in [0, 0.05) is 37.1 Å². The molecule has 1 saturated carbocycles. The number of hydrogen-bond acceptors (Lipinski definition) is 5. The van der Waals surface area contributed by atoms with Gasteiger partial charge in [-0.3, -0.25) is 9.59 Å². The van der Waals surface area contributed by atoms with Crippen molar-refractivity contribution in [2.75, 3.05) is 11.9 Å². The number of amides is 1. The number of nitrogens with one attached hydrogen (secondary N) is 1. The number of aliphatic hydroxyl groups is 2. The van der Waals surface area contributed by atoms with Crippen LogP contribution in [0.15, 0.2) is 54.6 Å². The molecule has 0 saturated heterocycles. The SMILES string of the molecule is CCNC(=O)CCC/C=C\C[C@@H]1[C@@H](/C=C/[C@@H](O)CCc2ccccc2)[C@H](OC(=O)CCCBr)C[C@@H]1O. The minimum Gasteiger partial charge on any atom is -0.462 e. The zero-order valence-electron chi connectivity index (χ0n) is 21.4. The van der Waals surface area contributed by atoms with Crippen LogP contribution in [0.25, 0.3) is 0 Å². The molecule has 1 fully saturated rings. The van der Waals surface area contributed by atoms with Crippen LogP contribution in [0.1, 0.15) is 63.9 Å². The average molecular weight is 565 g/mol. The predicted molar refractivity (Wildman–Crippen MR) is 147 cm³/mol. The van der Waals surface area contributed by atoms with Crippen LogP contribution >= 0.6 is 15.9 Å². The van der Waals surface area contributed by atoms with E-state index in [4.69, 9.17) is 4.74 Å². The fourth-order valence-corrected chi connectivity index (χ4v) is 4.88. The van der Waals surface area contributed by atoms with Gasteiger partial charge in [0.1, 0.15) is 6.10 Å². The second-order valence-electron chi connectivity index (χ2n) is 9.39. The highest BCUT2D eigenvalue weighted by Crippen LogP contribution is 2.38. The number of esters is 1. The first-order chi connectivity index (χ1) is 17.4. The first-order valence-corrected chi connectivity index (χ1v) is 14.3. The highest BCUT2D eigenvalue weighted by molar-refractivity contribution is 9.09. The number of allylic oxidation sites excluding steroid dienone is 2. The first-order valence-electron chi connectivity index (χ1n) is 13.2. The highest BCUT2D eigenvalue weighted by atomic mass is 79.9. The van der Waals surface area contributed by atoms with E-state index in [0.717, 1.165) is 24.6 Å². The predicted octanol–water partition coefficient (Wildman–Crippen LogP) is 4.87. The van der Waals surface area contributed by atoms with E-state index in [9.17, 15) is 19.8 Å². The third-order valence-corrected chi connectivity index (χ3v) is 7.10. The average Bonchev–Trinajstić information content (AvgIpc) is 3.16. The molecule has 0 aromatic heterocycles. The van der Waals surface area contributed by atoms with Crippen molar-refractivity contribution in [1.29, 1.82) is 0 Å². The number of aliphatic hydroxyl groups excluding tert-OH is 2. The topological polar surface area (TPSA) is 95.9 Å². The van der Waals surface area contributed by atoms with Gasteiger partial charge in [0.05, 0.1) is 12.2 Å². The molecule has 200 valence electrons. The van der Waals surface area contributed by atoms with Crippen molar-refractivity contribution in [3.8, 4) is 0 Å². The number of alkyl halides is 1. The minimum absolute atomic E-state index is 0.0673. The molecule has 0 radical (unpaired) electrons. The minimum atomic E-state index is -0.613. The zero-order chi connectivity index (χ0) is 26.2. The molecule has 5 atom stereocenters.